The van der Waals surface area contributed by atoms with Crippen LogP contribution in [0.25, 0.3) is 11.4 Å². The molecule has 160 valence electrons. The van der Waals surface area contributed by atoms with Crippen LogP contribution in [0, 0.1) is 5.82 Å². The Morgan fingerprint density at radius 1 is 1.13 bits per heavy atom. The molecule has 2 heterocycles. The lowest BCUT2D eigenvalue weighted by Crippen LogP contribution is -2.23. The quantitative estimate of drug-likeness (QED) is 0.443. The van der Waals surface area contributed by atoms with Gasteiger partial charge in [-0.2, -0.15) is 18.2 Å². The minimum Gasteiger partial charge on any atom is -0.453 e. The van der Waals surface area contributed by atoms with Crippen molar-refractivity contribution in [1.82, 2.24) is 10.1 Å². The number of hydrogen-bond donors (Lipinski definition) is 0. The first-order chi connectivity index (χ1) is 14.8. The summed E-state index contributed by atoms with van der Waals surface area (Å²) in [5.41, 5.74) is 0.407. The summed E-state index contributed by atoms with van der Waals surface area (Å²) < 4.78 is 61.3. The molecule has 1 aromatic heterocycles. The van der Waals surface area contributed by atoms with Gasteiger partial charge < -0.3 is 14.1 Å². The summed E-state index contributed by atoms with van der Waals surface area (Å²) >= 11 is 0. The molecule has 0 bridgehead atoms. The van der Waals surface area contributed by atoms with E-state index in [4.69, 9.17) is 14.1 Å². The van der Waals surface area contributed by atoms with Gasteiger partial charge in [-0.1, -0.05) is 34.6 Å². The molecular formula is C20H13F4N3O4. The van der Waals surface area contributed by atoms with E-state index in [1.165, 1.54) is 30.3 Å². The van der Waals surface area contributed by atoms with E-state index in [1.807, 2.05) is 0 Å². The highest BCUT2D eigenvalue weighted by Gasteiger charge is 2.31. The third kappa shape index (κ3) is 4.71. The molecule has 1 atom stereocenters. The Hall–Kier alpha value is -3.76. The van der Waals surface area contributed by atoms with Gasteiger partial charge in [0, 0.05) is 17.5 Å². The van der Waals surface area contributed by atoms with Gasteiger partial charge in [0.1, 0.15) is 5.82 Å². The molecule has 0 saturated heterocycles. The summed E-state index contributed by atoms with van der Waals surface area (Å²) in [7, 11) is 0. The van der Waals surface area contributed by atoms with E-state index in [1.54, 1.807) is 6.07 Å². The molecule has 0 radical (unpaired) electrons. The van der Waals surface area contributed by atoms with Crippen molar-refractivity contribution in [1.29, 1.82) is 0 Å². The van der Waals surface area contributed by atoms with Crippen LogP contribution in [0.4, 0.5) is 17.6 Å². The number of rotatable bonds is 5. The molecule has 1 aliphatic heterocycles. The molecule has 0 N–H and O–H groups in total. The summed E-state index contributed by atoms with van der Waals surface area (Å²) in [6.07, 6.45) is -5.35. The average molecular weight is 435 g/mol. The minimum absolute atomic E-state index is 0.0486. The monoisotopic (exact) mass is 435 g/mol. The van der Waals surface area contributed by atoms with Gasteiger partial charge >= 0.3 is 12.1 Å². The largest absolute Gasteiger partial charge is 0.453 e. The second-order valence-corrected chi connectivity index (χ2v) is 6.54. The van der Waals surface area contributed by atoms with Crippen molar-refractivity contribution < 1.29 is 36.5 Å². The summed E-state index contributed by atoms with van der Waals surface area (Å²) in [4.78, 5) is 21.2. The van der Waals surface area contributed by atoms with Gasteiger partial charge in [-0.05, 0) is 24.3 Å². The van der Waals surface area contributed by atoms with Crippen LogP contribution in [-0.4, -0.2) is 27.9 Å². The number of aromatic nitrogens is 2. The number of alkyl halides is 3. The summed E-state index contributed by atoms with van der Waals surface area (Å²) in [5.74, 6) is -1.17. The topological polar surface area (TPSA) is 86.8 Å². The third-order valence-electron chi connectivity index (χ3n) is 4.37. The molecule has 1 aliphatic rings. The minimum atomic E-state index is -4.45. The fourth-order valence-corrected chi connectivity index (χ4v) is 2.81. The van der Waals surface area contributed by atoms with Crippen LogP contribution in [0.2, 0.25) is 0 Å². The maximum atomic E-state index is 13.3. The second-order valence-electron chi connectivity index (χ2n) is 6.54. The number of carbonyl (C=O) groups is 1. The fraction of sp³-hybridized carbons (Fsp3) is 0.200. The number of halogens is 4. The summed E-state index contributed by atoms with van der Waals surface area (Å²) in [6, 6.07) is 9.94. The van der Waals surface area contributed by atoms with E-state index in [9.17, 15) is 22.4 Å². The first-order valence-corrected chi connectivity index (χ1v) is 8.95. The van der Waals surface area contributed by atoms with Crippen LogP contribution in [0.5, 0.6) is 0 Å². The maximum Gasteiger partial charge on any atom is 0.416 e. The smallest absolute Gasteiger partial charge is 0.416 e. The molecule has 11 heteroatoms. The van der Waals surface area contributed by atoms with E-state index in [0.717, 1.165) is 12.1 Å². The molecule has 0 spiro atoms. The van der Waals surface area contributed by atoms with Crippen molar-refractivity contribution in [2.24, 2.45) is 5.16 Å². The number of esters is 1. The molecule has 3 aromatic rings. The van der Waals surface area contributed by atoms with E-state index in [0.29, 0.717) is 16.8 Å². The van der Waals surface area contributed by atoms with Gasteiger partial charge in [-0.15, -0.1) is 0 Å². The number of benzene rings is 2. The van der Waals surface area contributed by atoms with Crippen molar-refractivity contribution in [3.8, 4) is 11.4 Å². The molecule has 1 unspecified atom stereocenters. The Morgan fingerprint density at radius 2 is 1.90 bits per heavy atom. The predicted octanol–water partition coefficient (Wildman–Crippen LogP) is 4.13. The lowest BCUT2D eigenvalue weighted by atomic mass is 10.1. The Kier molecular flexibility index (Phi) is 5.40. The molecular weight excluding hydrogens is 422 g/mol. The van der Waals surface area contributed by atoms with Crippen LogP contribution in [0.3, 0.4) is 0 Å². The zero-order valence-electron chi connectivity index (χ0n) is 15.6. The number of oxime groups is 1. The summed E-state index contributed by atoms with van der Waals surface area (Å²) in [5, 5.41) is 7.46. The van der Waals surface area contributed by atoms with Crippen molar-refractivity contribution in [2.45, 2.75) is 25.3 Å². The number of carbonyl (C=O) groups excluding carboxylic acids is 1. The highest BCUT2D eigenvalue weighted by atomic mass is 19.4. The van der Waals surface area contributed by atoms with Crippen molar-refractivity contribution in [2.75, 3.05) is 0 Å². The number of nitrogens with zero attached hydrogens (tertiary/aromatic N) is 3. The predicted molar refractivity (Wildman–Crippen MR) is 97.0 cm³/mol. The zero-order chi connectivity index (χ0) is 22.0. The first-order valence-electron chi connectivity index (χ1n) is 8.95. The van der Waals surface area contributed by atoms with Gasteiger partial charge in [-0.3, -0.25) is 0 Å². The van der Waals surface area contributed by atoms with Gasteiger partial charge in [0.2, 0.25) is 11.9 Å². The highest BCUT2D eigenvalue weighted by molar-refractivity contribution is 6.03. The van der Waals surface area contributed by atoms with Crippen molar-refractivity contribution in [3.05, 3.63) is 71.4 Å². The first kappa shape index (κ1) is 20.5. The van der Waals surface area contributed by atoms with E-state index >= 15 is 0 Å². The molecule has 0 fully saturated rings. The molecule has 0 saturated carbocycles. The van der Waals surface area contributed by atoms with E-state index in [-0.39, 0.29) is 24.7 Å². The van der Waals surface area contributed by atoms with Gasteiger partial charge in [0.05, 0.1) is 11.3 Å². The Morgan fingerprint density at radius 3 is 2.61 bits per heavy atom. The fourth-order valence-electron chi connectivity index (χ4n) is 2.81. The third-order valence-corrected chi connectivity index (χ3v) is 4.37. The number of ether oxygens (including phenoxy) is 1. The second kappa shape index (κ2) is 8.17. The van der Waals surface area contributed by atoms with Gasteiger partial charge in [0.15, 0.2) is 6.61 Å². The SMILES string of the molecule is O=C(OCc1nc(-c2ccc(C(F)(F)F)cc2)no1)C1CC(c2cccc(F)c2)=NO1. The Bertz CT molecular complexity index is 1130. The van der Waals surface area contributed by atoms with Gasteiger partial charge in [-0.25, -0.2) is 9.18 Å². The van der Waals surface area contributed by atoms with Gasteiger partial charge in [0.25, 0.3) is 5.89 Å². The van der Waals surface area contributed by atoms with Crippen LogP contribution < -0.4 is 0 Å². The molecule has 0 aliphatic carbocycles. The molecule has 2 aromatic carbocycles. The van der Waals surface area contributed by atoms with Crippen LogP contribution >= 0.6 is 0 Å². The standard InChI is InChI=1S/C20H13F4N3O4/c21-14-3-1-2-12(8-14)15-9-16(30-26-15)19(28)29-10-17-25-18(27-31-17)11-4-6-13(7-5-11)20(22,23)24/h1-8,16H,9-10H2. The molecule has 0 amide bonds. The number of hydrogen-bond acceptors (Lipinski definition) is 7. The van der Waals surface area contributed by atoms with Crippen LogP contribution in [-0.2, 0) is 27.2 Å². The highest BCUT2D eigenvalue weighted by Crippen LogP contribution is 2.30. The Labute approximate surface area is 172 Å². The molecule has 31 heavy (non-hydrogen) atoms. The average Bonchev–Trinajstić information content (AvgIpc) is 3.42. The normalized spacial score (nSPS) is 16.0. The summed E-state index contributed by atoms with van der Waals surface area (Å²) in [6.45, 7) is -0.359. The lowest BCUT2D eigenvalue weighted by Gasteiger charge is -2.06. The van der Waals surface area contributed by atoms with Crippen molar-refractivity contribution in [3.63, 3.8) is 0 Å². The molecule has 4 rings (SSSR count). The maximum absolute atomic E-state index is 13.3. The van der Waals surface area contributed by atoms with E-state index in [2.05, 4.69) is 15.3 Å². The zero-order valence-corrected chi connectivity index (χ0v) is 15.6. The van der Waals surface area contributed by atoms with Crippen LogP contribution in [0.1, 0.15) is 23.4 Å². The lowest BCUT2D eigenvalue weighted by molar-refractivity contribution is -0.157. The Balaban J connectivity index is 1.32. The van der Waals surface area contributed by atoms with E-state index < -0.39 is 29.6 Å². The molecule has 7 nitrogen and oxygen atoms in total. The van der Waals surface area contributed by atoms with Crippen molar-refractivity contribution >= 4 is 11.7 Å². The van der Waals surface area contributed by atoms with Crippen LogP contribution in [0.15, 0.2) is 58.2 Å².